The van der Waals surface area contributed by atoms with Crippen molar-refractivity contribution >= 4 is 51.2 Å². The summed E-state index contributed by atoms with van der Waals surface area (Å²) in [4.78, 5) is 37.1. The van der Waals surface area contributed by atoms with Gasteiger partial charge in [0.2, 0.25) is 0 Å². The molecule has 11 heteroatoms. The fourth-order valence-electron chi connectivity index (χ4n) is 3.95. The molecular formula is C31H33BrN4O6. The van der Waals surface area contributed by atoms with Gasteiger partial charge < -0.3 is 24.8 Å². The Bertz CT molecular complexity index is 1460. The molecule has 0 fully saturated rings. The van der Waals surface area contributed by atoms with Crippen LogP contribution in [0.2, 0.25) is 0 Å². The van der Waals surface area contributed by atoms with Crippen LogP contribution in [0, 0.1) is 20.8 Å². The maximum atomic E-state index is 12.7. The lowest BCUT2D eigenvalue weighted by atomic mass is 10.1. The smallest absolute Gasteiger partial charge is 0.329 e. The van der Waals surface area contributed by atoms with E-state index in [2.05, 4.69) is 43.7 Å². The monoisotopic (exact) mass is 636 g/mol. The zero-order valence-electron chi connectivity index (χ0n) is 23.9. The van der Waals surface area contributed by atoms with Crippen molar-refractivity contribution in [2.24, 2.45) is 5.10 Å². The zero-order chi connectivity index (χ0) is 30.6. The van der Waals surface area contributed by atoms with Gasteiger partial charge >= 0.3 is 11.8 Å². The number of nitrogens with one attached hydrogen (secondary N) is 3. The third-order valence-corrected chi connectivity index (χ3v) is 6.28. The molecule has 220 valence electrons. The topological polar surface area (TPSA) is 127 Å². The number of amides is 3. The van der Waals surface area contributed by atoms with Gasteiger partial charge in [-0.2, -0.15) is 5.10 Å². The number of ether oxygens (including phenoxy) is 3. The molecule has 3 aromatic rings. The van der Waals surface area contributed by atoms with Crippen LogP contribution >= 0.6 is 15.9 Å². The lowest BCUT2D eigenvalue weighted by molar-refractivity contribution is -0.136. The molecule has 3 amide bonds. The molecule has 0 bridgehead atoms. The average Bonchev–Trinajstić information content (AvgIpc) is 2.94. The first-order valence-corrected chi connectivity index (χ1v) is 13.9. The van der Waals surface area contributed by atoms with E-state index >= 15 is 0 Å². The van der Waals surface area contributed by atoms with Crippen LogP contribution in [-0.2, 0) is 14.4 Å². The lowest BCUT2D eigenvalue weighted by Gasteiger charge is -2.16. The Kier molecular flexibility index (Phi) is 11.7. The Hall–Kier alpha value is -4.64. The SMILES string of the molecule is C=CCOc1ccc(NC(=O)C(=O)N/N=C\c2cc(Br)c(OCC(=O)Nc3c(C)cc(C)cc3C)c(OCC)c2)cc1. The highest BCUT2D eigenvalue weighted by atomic mass is 79.9. The standard InChI is InChI=1S/C31H33BrN4O6/c1-6-12-41-24-10-8-23(9-11-24)34-30(38)31(39)36-33-17-22-15-25(32)29(26(16-22)40-7-2)42-18-27(37)35-28-20(4)13-19(3)14-21(28)5/h6,8-11,13-17H,1,7,12,18H2,2-5H3,(H,34,38)(H,35,37)(H,36,39)/b33-17-. The predicted octanol–water partition coefficient (Wildman–Crippen LogP) is 5.44. The van der Waals surface area contributed by atoms with Gasteiger partial charge in [-0.1, -0.05) is 30.4 Å². The highest BCUT2D eigenvalue weighted by Crippen LogP contribution is 2.36. The van der Waals surface area contributed by atoms with Gasteiger partial charge in [-0.05, 0) is 96.7 Å². The van der Waals surface area contributed by atoms with Crippen molar-refractivity contribution in [2.45, 2.75) is 27.7 Å². The number of hydrazone groups is 1. The van der Waals surface area contributed by atoms with E-state index in [4.69, 9.17) is 14.2 Å². The summed E-state index contributed by atoms with van der Waals surface area (Å²) in [7, 11) is 0. The molecular weight excluding hydrogens is 604 g/mol. The first-order valence-electron chi connectivity index (χ1n) is 13.1. The van der Waals surface area contributed by atoms with E-state index in [9.17, 15) is 14.4 Å². The predicted molar refractivity (Wildman–Crippen MR) is 167 cm³/mol. The Morgan fingerprint density at radius 3 is 2.26 bits per heavy atom. The summed E-state index contributed by atoms with van der Waals surface area (Å²) in [5, 5.41) is 9.27. The number of benzene rings is 3. The molecule has 0 aromatic heterocycles. The van der Waals surface area contributed by atoms with Gasteiger partial charge in [0.1, 0.15) is 12.4 Å². The number of anilines is 2. The van der Waals surface area contributed by atoms with E-state index in [0.717, 1.165) is 22.4 Å². The van der Waals surface area contributed by atoms with Crippen molar-refractivity contribution in [2.75, 3.05) is 30.5 Å². The highest BCUT2D eigenvalue weighted by molar-refractivity contribution is 9.10. The molecule has 0 spiro atoms. The summed E-state index contributed by atoms with van der Waals surface area (Å²) < 4.78 is 17.4. The maximum absolute atomic E-state index is 12.7. The molecule has 3 rings (SSSR count). The Labute approximate surface area is 253 Å². The normalized spacial score (nSPS) is 10.6. The number of hydrogen-bond acceptors (Lipinski definition) is 7. The second-order valence-corrected chi connectivity index (χ2v) is 10.0. The Morgan fingerprint density at radius 1 is 0.929 bits per heavy atom. The molecule has 3 N–H and O–H groups in total. The van der Waals surface area contributed by atoms with Gasteiger partial charge in [0.25, 0.3) is 5.91 Å². The van der Waals surface area contributed by atoms with Gasteiger partial charge in [-0.3, -0.25) is 14.4 Å². The van der Waals surface area contributed by atoms with Gasteiger partial charge in [0.05, 0.1) is 17.3 Å². The van der Waals surface area contributed by atoms with Crippen LogP contribution in [0.4, 0.5) is 11.4 Å². The Morgan fingerprint density at radius 2 is 1.62 bits per heavy atom. The summed E-state index contributed by atoms with van der Waals surface area (Å²) in [6.07, 6.45) is 2.97. The molecule has 42 heavy (non-hydrogen) atoms. The second kappa shape index (κ2) is 15.4. The molecule has 3 aromatic carbocycles. The molecule has 0 atom stereocenters. The third-order valence-electron chi connectivity index (χ3n) is 5.69. The number of nitrogens with zero attached hydrogens (tertiary/aromatic N) is 1. The first-order chi connectivity index (χ1) is 20.1. The first kappa shape index (κ1) is 31.9. The van der Waals surface area contributed by atoms with Crippen molar-refractivity contribution in [3.05, 3.63) is 87.9 Å². The van der Waals surface area contributed by atoms with E-state index in [1.54, 1.807) is 42.5 Å². The van der Waals surface area contributed by atoms with Gasteiger partial charge in [-0.15, -0.1) is 0 Å². The molecule has 0 aliphatic carbocycles. The largest absolute Gasteiger partial charge is 0.490 e. The van der Waals surface area contributed by atoms with Crippen LogP contribution < -0.4 is 30.3 Å². The average molecular weight is 638 g/mol. The summed E-state index contributed by atoms with van der Waals surface area (Å²) in [6.45, 7) is 11.7. The molecule has 0 saturated heterocycles. The quantitative estimate of drug-likeness (QED) is 0.105. The van der Waals surface area contributed by atoms with Crippen molar-refractivity contribution in [1.29, 1.82) is 0 Å². The van der Waals surface area contributed by atoms with Crippen LogP contribution in [0.25, 0.3) is 0 Å². The minimum atomic E-state index is -0.952. The van der Waals surface area contributed by atoms with E-state index < -0.39 is 11.8 Å². The molecule has 10 nitrogen and oxygen atoms in total. The molecule has 0 aliphatic heterocycles. The number of aryl methyl sites for hydroxylation is 3. The van der Waals surface area contributed by atoms with Gasteiger partial charge in [0.15, 0.2) is 18.1 Å². The number of halogens is 1. The molecule has 0 saturated carbocycles. The van der Waals surface area contributed by atoms with Crippen LogP contribution in [-0.4, -0.2) is 43.8 Å². The van der Waals surface area contributed by atoms with Crippen LogP contribution in [0.15, 0.2) is 70.8 Å². The van der Waals surface area contributed by atoms with Gasteiger partial charge in [0, 0.05) is 11.4 Å². The van der Waals surface area contributed by atoms with Crippen LogP contribution in [0.1, 0.15) is 29.2 Å². The van der Waals surface area contributed by atoms with E-state index in [1.807, 2.05) is 39.8 Å². The number of carbonyl (C=O) groups excluding carboxylic acids is 3. The van der Waals surface area contributed by atoms with Gasteiger partial charge in [-0.25, -0.2) is 5.43 Å². The summed E-state index contributed by atoms with van der Waals surface area (Å²) in [5.41, 5.74) is 6.97. The van der Waals surface area contributed by atoms with E-state index in [-0.39, 0.29) is 12.5 Å². The van der Waals surface area contributed by atoms with Crippen LogP contribution in [0.3, 0.4) is 0 Å². The summed E-state index contributed by atoms with van der Waals surface area (Å²) in [5.74, 6) is -0.845. The zero-order valence-corrected chi connectivity index (χ0v) is 25.5. The third kappa shape index (κ3) is 9.20. The number of hydrogen-bond donors (Lipinski definition) is 3. The fraction of sp³-hybridized carbons (Fsp3) is 0.226. The lowest BCUT2D eigenvalue weighted by Crippen LogP contribution is -2.32. The highest BCUT2D eigenvalue weighted by Gasteiger charge is 2.16. The number of rotatable bonds is 12. The maximum Gasteiger partial charge on any atom is 0.329 e. The van der Waals surface area contributed by atoms with E-state index in [1.165, 1.54) is 6.21 Å². The second-order valence-electron chi connectivity index (χ2n) is 9.15. The molecule has 0 aliphatic rings. The minimum Gasteiger partial charge on any atom is -0.490 e. The van der Waals surface area contributed by atoms with Crippen molar-refractivity contribution in [1.82, 2.24) is 5.43 Å². The molecule has 0 unspecified atom stereocenters. The van der Waals surface area contributed by atoms with Crippen molar-refractivity contribution in [3.8, 4) is 17.2 Å². The fourth-order valence-corrected chi connectivity index (χ4v) is 4.52. The molecule has 0 heterocycles. The van der Waals surface area contributed by atoms with E-state index in [0.29, 0.717) is 46.2 Å². The van der Waals surface area contributed by atoms with Crippen molar-refractivity contribution < 1.29 is 28.6 Å². The Balaban J connectivity index is 1.60. The number of carbonyl (C=O) groups is 3. The van der Waals surface area contributed by atoms with Crippen molar-refractivity contribution in [3.63, 3.8) is 0 Å². The molecule has 0 radical (unpaired) electrons. The minimum absolute atomic E-state index is 0.241. The van der Waals surface area contributed by atoms with Crippen LogP contribution in [0.5, 0.6) is 17.2 Å². The summed E-state index contributed by atoms with van der Waals surface area (Å²) in [6, 6.07) is 13.9. The summed E-state index contributed by atoms with van der Waals surface area (Å²) >= 11 is 3.45.